The number of nitrogens with one attached hydrogen (secondary N) is 1. The Labute approximate surface area is 217 Å². The zero-order valence-corrected chi connectivity index (χ0v) is 21.0. The third kappa shape index (κ3) is 4.31. The number of halogens is 3. The van der Waals surface area contributed by atoms with E-state index in [2.05, 4.69) is 41.4 Å². The Morgan fingerprint density at radius 3 is 2.42 bits per heavy atom. The fourth-order valence-corrected chi connectivity index (χ4v) is 5.38. The van der Waals surface area contributed by atoms with Crippen LogP contribution >= 0.6 is 0 Å². The number of benzene rings is 2. The highest BCUT2D eigenvalue weighted by Crippen LogP contribution is 2.46. The molecule has 1 aromatic heterocycles. The summed E-state index contributed by atoms with van der Waals surface area (Å²) in [4.78, 5) is 17.5. The molecule has 10 heteroatoms. The molecule has 198 valence electrons. The molecule has 0 fully saturated rings. The van der Waals surface area contributed by atoms with Gasteiger partial charge in [-0.1, -0.05) is 44.2 Å². The van der Waals surface area contributed by atoms with Gasteiger partial charge in [-0.25, -0.2) is 4.68 Å². The van der Waals surface area contributed by atoms with Crippen LogP contribution in [0.15, 0.2) is 53.7 Å². The van der Waals surface area contributed by atoms with Gasteiger partial charge in [0.2, 0.25) is 5.95 Å². The summed E-state index contributed by atoms with van der Waals surface area (Å²) in [6, 6.07) is 12.5. The Morgan fingerprint density at radius 1 is 1.00 bits per heavy atom. The maximum Gasteiger partial charge on any atom is 0.453 e. The molecule has 0 radical (unpaired) electrons. The first-order valence-electron chi connectivity index (χ1n) is 12.8. The van der Waals surface area contributed by atoms with Crippen molar-refractivity contribution in [2.45, 2.75) is 57.2 Å². The van der Waals surface area contributed by atoms with Gasteiger partial charge >= 0.3 is 6.18 Å². The summed E-state index contributed by atoms with van der Waals surface area (Å²) in [6.45, 7) is 5.20. The first-order chi connectivity index (χ1) is 18.2. The average molecular weight is 525 g/mol. The first kappa shape index (κ1) is 24.5. The number of Topliss-reactive ketones (excluding diaryl/α,β-unsaturated/α-hetero) is 1. The molecular weight excluding hydrogens is 497 g/mol. The number of ether oxygens (including phenoxy) is 2. The largest absolute Gasteiger partial charge is 0.490 e. The van der Waals surface area contributed by atoms with E-state index in [9.17, 15) is 18.0 Å². The van der Waals surface area contributed by atoms with E-state index in [4.69, 9.17) is 9.47 Å². The van der Waals surface area contributed by atoms with Gasteiger partial charge in [-0.15, -0.1) is 5.10 Å². The molecule has 3 aliphatic rings. The van der Waals surface area contributed by atoms with Crippen LogP contribution in [0.4, 0.5) is 19.1 Å². The third-order valence-corrected chi connectivity index (χ3v) is 7.34. The number of alkyl halides is 3. The molecule has 2 unspecified atom stereocenters. The van der Waals surface area contributed by atoms with Crippen LogP contribution in [0, 0.1) is 0 Å². The molecule has 6 rings (SSSR count). The first-order valence-corrected chi connectivity index (χ1v) is 12.8. The van der Waals surface area contributed by atoms with Crippen LogP contribution in [0.5, 0.6) is 11.5 Å². The summed E-state index contributed by atoms with van der Waals surface area (Å²) >= 11 is 0. The van der Waals surface area contributed by atoms with Crippen LogP contribution in [0.1, 0.15) is 73.5 Å². The standard InChI is InChI=1S/C28H27F3N4O3/c1-15(2)16-4-6-17(7-5-16)19-12-20-24(21(36)13-19)25(35-27(32-20)33-26(34-35)28(29,30)31)18-8-9-22-23(14-18)38-11-3-10-37-22/h4-9,14-15,19,25H,3,10-13H2,1-2H3,(H,32,33,34). The molecule has 3 heterocycles. The van der Waals surface area contributed by atoms with Crippen molar-refractivity contribution in [2.75, 3.05) is 18.5 Å². The summed E-state index contributed by atoms with van der Waals surface area (Å²) < 4.78 is 53.5. The minimum absolute atomic E-state index is 0.0446. The fourth-order valence-electron chi connectivity index (χ4n) is 5.38. The summed E-state index contributed by atoms with van der Waals surface area (Å²) in [5.74, 6) is -0.103. The number of hydrogen-bond donors (Lipinski definition) is 1. The molecule has 2 aliphatic heterocycles. The Kier molecular flexibility index (Phi) is 5.92. The number of aromatic nitrogens is 3. The van der Waals surface area contributed by atoms with E-state index in [1.54, 1.807) is 18.2 Å². The van der Waals surface area contributed by atoms with Gasteiger partial charge in [-0.3, -0.25) is 4.79 Å². The number of carbonyl (C=O) groups is 1. The van der Waals surface area contributed by atoms with Crippen LogP contribution in [0.3, 0.4) is 0 Å². The molecule has 0 bridgehead atoms. The SMILES string of the molecule is CC(C)c1ccc(C2CC(=O)C3=C(C2)Nc2nc(C(F)(F)F)nn2C3c2ccc3c(c2)OCCCO3)cc1. The summed E-state index contributed by atoms with van der Waals surface area (Å²) in [5, 5.41) is 6.81. The van der Waals surface area contributed by atoms with Crippen molar-refractivity contribution in [1.29, 1.82) is 0 Å². The normalized spacial score (nSPS) is 21.1. The maximum atomic E-state index is 13.7. The van der Waals surface area contributed by atoms with Crippen molar-refractivity contribution < 1.29 is 27.4 Å². The Balaban J connectivity index is 1.43. The average Bonchev–Trinajstić information content (AvgIpc) is 3.18. The number of hydrogen-bond acceptors (Lipinski definition) is 6. The fraction of sp³-hybridized carbons (Fsp3) is 0.393. The lowest BCUT2D eigenvalue weighted by Crippen LogP contribution is -2.33. The molecular formula is C28H27F3N4O3. The molecule has 0 spiro atoms. The zero-order valence-electron chi connectivity index (χ0n) is 21.0. The van der Waals surface area contributed by atoms with E-state index in [1.807, 2.05) is 12.1 Å². The van der Waals surface area contributed by atoms with Crippen LogP contribution in [-0.4, -0.2) is 33.8 Å². The van der Waals surface area contributed by atoms with Crippen molar-refractivity contribution >= 4 is 11.7 Å². The van der Waals surface area contributed by atoms with Crippen molar-refractivity contribution in [3.05, 3.63) is 76.2 Å². The predicted octanol–water partition coefficient (Wildman–Crippen LogP) is 6.00. The molecule has 2 aromatic carbocycles. The number of fused-ring (bicyclic) bond motifs is 2. The van der Waals surface area contributed by atoms with Crippen molar-refractivity contribution in [1.82, 2.24) is 14.8 Å². The lowest BCUT2D eigenvalue weighted by atomic mass is 9.77. The van der Waals surface area contributed by atoms with Gasteiger partial charge in [0.25, 0.3) is 5.82 Å². The lowest BCUT2D eigenvalue weighted by molar-refractivity contribution is -0.145. The topological polar surface area (TPSA) is 78.3 Å². The second-order valence-electron chi connectivity index (χ2n) is 10.2. The molecule has 0 saturated carbocycles. The molecule has 2 atom stereocenters. The Morgan fingerprint density at radius 2 is 1.71 bits per heavy atom. The Bertz CT molecular complexity index is 1430. The predicted molar refractivity (Wildman–Crippen MR) is 133 cm³/mol. The quantitative estimate of drug-likeness (QED) is 0.453. The van der Waals surface area contributed by atoms with E-state index in [1.165, 1.54) is 5.56 Å². The van der Waals surface area contributed by atoms with Crippen LogP contribution in [0.2, 0.25) is 0 Å². The summed E-state index contributed by atoms with van der Waals surface area (Å²) in [5.41, 5.74) is 3.78. The number of carbonyl (C=O) groups excluding carboxylic acids is 1. The smallest absolute Gasteiger partial charge is 0.453 e. The van der Waals surface area contributed by atoms with Gasteiger partial charge in [0.15, 0.2) is 17.3 Å². The van der Waals surface area contributed by atoms with Gasteiger partial charge in [-0.2, -0.15) is 18.2 Å². The number of rotatable bonds is 3. The summed E-state index contributed by atoms with van der Waals surface area (Å²) in [6.07, 6.45) is -3.30. The highest BCUT2D eigenvalue weighted by Gasteiger charge is 2.43. The minimum atomic E-state index is -4.73. The van der Waals surface area contributed by atoms with Gasteiger partial charge in [-0.05, 0) is 47.1 Å². The van der Waals surface area contributed by atoms with Gasteiger partial charge in [0.05, 0.1) is 13.2 Å². The number of anilines is 1. The van der Waals surface area contributed by atoms with Crippen molar-refractivity contribution in [3.63, 3.8) is 0 Å². The highest BCUT2D eigenvalue weighted by molar-refractivity contribution is 6.00. The van der Waals surface area contributed by atoms with Gasteiger partial charge in [0, 0.05) is 24.1 Å². The summed E-state index contributed by atoms with van der Waals surface area (Å²) in [7, 11) is 0. The van der Waals surface area contributed by atoms with E-state index in [0.29, 0.717) is 60.3 Å². The third-order valence-electron chi connectivity index (χ3n) is 7.34. The highest BCUT2D eigenvalue weighted by atomic mass is 19.4. The molecule has 3 aromatic rings. The van der Waals surface area contributed by atoms with Gasteiger partial charge < -0.3 is 14.8 Å². The second kappa shape index (κ2) is 9.18. The number of nitrogens with zero attached hydrogens (tertiary/aromatic N) is 3. The van der Waals surface area contributed by atoms with E-state index >= 15 is 0 Å². The Hall–Kier alpha value is -3.82. The second-order valence-corrected chi connectivity index (χ2v) is 10.2. The van der Waals surface area contributed by atoms with Gasteiger partial charge in [0.1, 0.15) is 6.04 Å². The van der Waals surface area contributed by atoms with E-state index in [-0.39, 0.29) is 24.1 Å². The van der Waals surface area contributed by atoms with Crippen LogP contribution in [-0.2, 0) is 11.0 Å². The van der Waals surface area contributed by atoms with Crippen LogP contribution in [0.25, 0.3) is 0 Å². The van der Waals surface area contributed by atoms with Crippen LogP contribution < -0.4 is 14.8 Å². The number of allylic oxidation sites excluding steroid dienone is 2. The molecule has 38 heavy (non-hydrogen) atoms. The molecule has 0 amide bonds. The lowest BCUT2D eigenvalue weighted by Gasteiger charge is -2.35. The van der Waals surface area contributed by atoms with Crippen molar-refractivity contribution in [3.8, 4) is 11.5 Å². The molecule has 1 aliphatic carbocycles. The monoisotopic (exact) mass is 524 g/mol. The van der Waals surface area contributed by atoms with E-state index in [0.717, 1.165) is 10.2 Å². The van der Waals surface area contributed by atoms with Crippen molar-refractivity contribution in [2.24, 2.45) is 0 Å². The molecule has 0 saturated heterocycles. The number of ketones is 1. The van der Waals surface area contributed by atoms with E-state index < -0.39 is 18.0 Å². The zero-order chi connectivity index (χ0) is 26.6. The molecule has 1 N–H and O–H groups in total. The molecule has 7 nitrogen and oxygen atoms in total. The maximum absolute atomic E-state index is 13.7. The minimum Gasteiger partial charge on any atom is -0.490 e.